The van der Waals surface area contributed by atoms with E-state index in [1.54, 1.807) is 6.92 Å². The minimum Gasteiger partial charge on any atom is -0.494 e. The van der Waals surface area contributed by atoms with Gasteiger partial charge in [-0.3, -0.25) is 0 Å². The zero-order chi connectivity index (χ0) is 17.1. The van der Waals surface area contributed by atoms with Crippen molar-refractivity contribution in [1.29, 1.82) is 0 Å². The van der Waals surface area contributed by atoms with Crippen molar-refractivity contribution >= 4 is 17.3 Å². The molecule has 1 aromatic carbocycles. The molecule has 0 N–H and O–H groups in total. The fraction of sp³-hybridized carbons (Fsp3) is 0.188. The van der Waals surface area contributed by atoms with Crippen LogP contribution in [0.5, 0.6) is 5.75 Å². The lowest BCUT2D eigenvalue weighted by molar-refractivity contribution is 0.0279. The third-order valence-corrected chi connectivity index (χ3v) is 4.05. The Morgan fingerprint density at radius 1 is 1.33 bits per heavy atom. The van der Waals surface area contributed by atoms with Crippen LogP contribution in [0.1, 0.15) is 29.3 Å². The van der Waals surface area contributed by atoms with Crippen LogP contribution in [-0.2, 0) is 4.74 Å². The maximum absolute atomic E-state index is 13.7. The smallest absolute Gasteiger partial charge is 0.339 e. The Balaban J connectivity index is 1.71. The minimum atomic E-state index is -0.760. The maximum Gasteiger partial charge on any atom is 0.339 e. The van der Waals surface area contributed by atoms with E-state index in [1.807, 2.05) is 17.5 Å². The minimum absolute atomic E-state index is 0.0529. The van der Waals surface area contributed by atoms with Gasteiger partial charge in [-0.25, -0.2) is 9.18 Å². The molecule has 0 aliphatic rings. The average Bonchev–Trinajstić information content (AvgIpc) is 3.25. The Hall–Kier alpha value is -2.74. The highest BCUT2D eigenvalue weighted by Crippen LogP contribution is 2.26. The molecular formula is C16H13FN2O4S. The molecule has 0 saturated heterocycles. The van der Waals surface area contributed by atoms with E-state index < -0.39 is 17.9 Å². The molecule has 2 heterocycles. The van der Waals surface area contributed by atoms with Crippen molar-refractivity contribution < 1.29 is 23.1 Å². The first-order valence-corrected chi connectivity index (χ1v) is 7.88. The molecular weight excluding hydrogens is 335 g/mol. The molecule has 0 unspecified atom stereocenters. The molecule has 0 bridgehead atoms. The Bertz CT molecular complexity index is 848. The predicted octanol–water partition coefficient (Wildman–Crippen LogP) is 3.86. The fourth-order valence-electron chi connectivity index (χ4n) is 1.97. The summed E-state index contributed by atoms with van der Waals surface area (Å²) >= 11 is 1.46. The number of hydrogen-bond donors (Lipinski definition) is 0. The molecule has 0 aliphatic carbocycles. The summed E-state index contributed by atoms with van der Waals surface area (Å²) in [4.78, 5) is 12.9. The molecule has 0 amide bonds. The lowest BCUT2D eigenvalue weighted by atomic mass is 10.2. The van der Waals surface area contributed by atoms with Gasteiger partial charge in [0.05, 0.1) is 17.6 Å². The van der Waals surface area contributed by atoms with Crippen molar-refractivity contribution in [2.45, 2.75) is 13.0 Å². The number of ether oxygens (including phenoxy) is 2. The third-order valence-electron chi connectivity index (χ3n) is 3.19. The zero-order valence-electron chi connectivity index (χ0n) is 12.9. The molecule has 6 nitrogen and oxygen atoms in total. The van der Waals surface area contributed by atoms with Gasteiger partial charge in [0.25, 0.3) is 11.8 Å². The Kier molecular flexibility index (Phi) is 4.57. The number of halogens is 1. The van der Waals surface area contributed by atoms with Crippen LogP contribution >= 0.6 is 11.3 Å². The lowest BCUT2D eigenvalue weighted by Crippen LogP contribution is -2.10. The lowest BCUT2D eigenvalue weighted by Gasteiger charge is -2.10. The van der Waals surface area contributed by atoms with Crippen LogP contribution in [-0.4, -0.2) is 23.3 Å². The largest absolute Gasteiger partial charge is 0.494 e. The molecule has 0 radical (unpaired) electrons. The highest BCUT2D eigenvalue weighted by molar-refractivity contribution is 7.13. The average molecular weight is 348 g/mol. The topological polar surface area (TPSA) is 74.5 Å². The predicted molar refractivity (Wildman–Crippen MR) is 84.4 cm³/mol. The summed E-state index contributed by atoms with van der Waals surface area (Å²) in [7, 11) is 1.35. The molecule has 3 rings (SSSR count). The molecule has 124 valence electrons. The summed E-state index contributed by atoms with van der Waals surface area (Å²) < 4.78 is 29.2. The van der Waals surface area contributed by atoms with Gasteiger partial charge in [-0.05, 0) is 36.6 Å². The SMILES string of the molecule is COc1ccc(C(=O)O[C@H](C)c2nnc(-c3cccs3)o2)cc1F. The number of carbonyl (C=O) groups is 1. The number of nitrogens with zero attached hydrogens (tertiary/aromatic N) is 2. The first-order valence-electron chi connectivity index (χ1n) is 7.00. The molecule has 3 aromatic rings. The van der Waals surface area contributed by atoms with E-state index in [9.17, 15) is 9.18 Å². The molecule has 24 heavy (non-hydrogen) atoms. The van der Waals surface area contributed by atoms with Crippen LogP contribution in [0.2, 0.25) is 0 Å². The van der Waals surface area contributed by atoms with E-state index in [4.69, 9.17) is 13.9 Å². The summed E-state index contributed by atoms with van der Waals surface area (Å²) in [5, 5.41) is 9.69. The fourth-order valence-corrected chi connectivity index (χ4v) is 2.62. The van der Waals surface area contributed by atoms with Gasteiger partial charge in [0.15, 0.2) is 17.7 Å². The van der Waals surface area contributed by atoms with Gasteiger partial charge in [0, 0.05) is 0 Å². The van der Waals surface area contributed by atoms with Crippen molar-refractivity contribution in [3.63, 3.8) is 0 Å². The van der Waals surface area contributed by atoms with Crippen LogP contribution in [0.15, 0.2) is 40.1 Å². The van der Waals surface area contributed by atoms with Crippen LogP contribution < -0.4 is 4.74 Å². The van der Waals surface area contributed by atoms with Gasteiger partial charge in [-0.2, -0.15) is 0 Å². The van der Waals surface area contributed by atoms with Gasteiger partial charge in [-0.15, -0.1) is 21.5 Å². The van der Waals surface area contributed by atoms with Gasteiger partial charge < -0.3 is 13.9 Å². The molecule has 0 saturated carbocycles. The van der Waals surface area contributed by atoms with E-state index in [2.05, 4.69) is 10.2 Å². The van der Waals surface area contributed by atoms with E-state index in [-0.39, 0.29) is 17.2 Å². The third kappa shape index (κ3) is 3.28. The van der Waals surface area contributed by atoms with Gasteiger partial charge in [0.2, 0.25) is 0 Å². The maximum atomic E-state index is 13.7. The molecule has 0 aliphatic heterocycles. The van der Waals surface area contributed by atoms with E-state index in [1.165, 1.54) is 30.6 Å². The molecule has 0 fully saturated rings. The first kappa shape index (κ1) is 16.1. The van der Waals surface area contributed by atoms with Crippen LogP contribution in [0.3, 0.4) is 0 Å². The van der Waals surface area contributed by atoms with Gasteiger partial charge in [0.1, 0.15) is 0 Å². The van der Waals surface area contributed by atoms with Gasteiger partial charge in [-0.1, -0.05) is 6.07 Å². The number of esters is 1. The van der Waals surface area contributed by atoms with Crippen molar-refractivity contribution in [3.05, 3.63) is 53.0 Å². The van der Waals surface area contributed by atoms with Crippen molar-refractivity contribution in [3.8, 4) is 16.5 Å². The second-order valence-corrected chi connectivity index (χ2v) is 5.77. The first-order chi connectivity index (χ1) is 11.6. The van der Waals surface area contributed by atoms with Crippen LogP contribution in [0.4, 0.5) is 4.39 Å². The Morgan fingerprint density at radius 3 is 2.83 bits per heavy atom. The van der Waals surface area contributed by atoms with Crippen LogP contribution in [0, 0.1) is 5.82 Å². The van der Waals surface area contributed by atoms with E-state index in [0.717, 1.165) is 10.9 Å². The summed E-state index contributed by atoms with van der Waals surface area (Å²) in [6.07, 6.45) is -0.760. The number of aromatic nitrogens is 2. The number of thiophene rings is 1. The number of benzene rings is 1. The van der Waals surface area contributed by atoms with Crippen molar-refractivity contribution in [1.82, 2.24) is 10.2 Å². The molecule has 0 spiro atoms. The summed E-state index contributed by atoms with van der Waals surface area (Å²) in [6, 6.07) is 7.54. The highest BCUT2D eigenvalue weighted by Gasteiger charge is 2.21. The van der Waals surface area contributed by atoms with Crippen molar-refractivity contribution in [2.75, 3.05) is 7.11 Å². The number of hydrogen-bond acceptors (Lipinski definition) is 7. The second kappa shape index (κ2) is 6.79. The number of rotatable bonds is 5. The summed E-state index contributed by atoms with van der Waals surface area (Å²) in [5.41, 5.74) is 0.0677. The van der Waals surface area contributed by atoms with E-state index >= 15 is 0 Å². The quantitative estimate of drug-likeness (QED) is 0.652. The number of carbonyl (C=O) groups excluding carboxylic acids is 1. The van der Waals surface area contributed by atoms with E-state index in [0.29, 0.717) is 5.89 Å². The molecule has 1 atom stereocenters. The summed E-state index contributed by atoms with van der Waals surface area (Å²) in [5.74, 6) is -0.756. The normalized spacial score (nSPS) is 12.0. The standard InChI is InChI=1S/C16H13FN2O4S/c1-9(14-18-19-15(23-14)13-4-3-7-24-13)22-16(20)10-5-6-12(21-2)11(17)8-10/h3-9H,1-2H3/t9-/m1/s1. The molecule has 8 heteroatoms. The Labute approximate surface area is 140 Å². The molecule has 2 aromatic heterocycles. The number of methoxy groups -OCH3 is 1. The second-order valence-electron chi connectivity index (χ2n) is 4.82. The summed E-state index contributed by atoms with van der Waals surface area (Å²) in [6.45, 7) is 1.60. The highest BCUT2D eigenvalue weighted by atomic mass is 32.1. The van der Waals surface area contributed by atoms with Crippen LogP contribution in [0.25, 0.3) is 10.8 Å². The van der Waals surface area contributed by atoms with Crippen molar-refractivity contribution in [2.24, 2.45) is 0 Å². The zero-order valence-corrected chi connectivity index (χ0v) is 13.7. The Morgan fingerprint density at radius 2 is 2.17 bits per heavy atom. The van der Waals surface area contributed by atoms with Gasteiger partial charge >= 0.3 is 5.97 Å². The monoisotopic (exact) mass is 348 g/mol.